The average Bonchev–Trinajstić information content (AvgIpc) is 0.909. The SMILES string of the molecule is Brc1cc(-c2ccc(-c3ccccc3)cc2)nc(-c2ccccc2)n1.CC1(C)OB(c2ccc(-c3nc4ccccc4c4c5ccccc5c5ccccc5c34)cc2)OC1(C)C.c1ccc(-c2ccc(-c3cc(-c4ccc(-c5nc6ccccc6c6c7ccccc7c7ccccc7c56)cc4)nc(-c4ccccc4)n3)cc2)cc1. The van der Waals surface area contributed by atoms with Gasteiger partial charge >= 0.3 is 7.12 Å². The summed E-state index contributed by atoms with van der Waals surface area (Å²) in [6.45, 7) is 8.34. The van der Waals surface area contributed by atoms with Crippen LogP contribution in [0.2, 0.25) is 0 Å². The summed E-state index contributed by atoms with van der Waals surface area (Å²) >= 11 is 3.51. The van der Waals surface area contributed by atoms with Crippen molar-refractivity contribution in [1.82, 2.24) is 29.9 Å². The number of halogens is 1. The van der Waals surface area contributed by atoms with Crippen molar-refractivity contribution in [3.63, 3.8) is 0 Å². The van der Waals surface area contributed by atoms with Crippen LogP contribution in [0.5, 0.6) is 0 Å². The van der Waals surface area contributed by atoms with Crippen LogP contribution >= 0.6 is 15.9 Å². The summed E-state index contributed by atoms with van der Waals surface area (Å²) in [5.74, 6) is 1.42. The highest BCUT2D eigenvalue weighted by molar-refractivity contribution is 9.10. The van der Waals surface area contributed by atoms with Gasteiger partial charge in [0, 0.05) is 71.3 Å². The zero-order valence-corrected chi connectivity index (χ0v) is 64.8. The van der Waals surface area contributed by atoms with E-state index in [0.717, 1.165) is 94.3 Å². The molecule has 5 heterocycles. The fourth-order valence-corrected chi connectivity index (χ4v) is 16.3. The molecule has 114 heavy (non-hydrogen) atoms. The number of rotatable bonds is 10. The molecule has 21 rings (SSSR count). The second kappa shape index (κ2) is 30.0. The van der Waals surface area contributed by atoms with Crippen molar-refractivity contribution in [3.8, 4) is 101 Å². The van der Waals surface area contributed by atoms with E-state index in [1.165, 1.54) is 97.7 Å². The molecule has 1 fully saturated rings. The summed E-state index contributed by atoms with van der Waals surface area (Å²) in [6, 6.07) is 131. The molecule has 4 aromatic heterocycles. The first-order valence-electron chi connectivity index (χ1n) is 38.6. The first kappa shape index (κ1) is 70.9. The maximum atomic E-state index is 6.29. The van der Waals surface area contributed by atoms with Gasteiger partial charge in [-0.05, 0) is 139 Å². The second-order valence-electron chi connectivity index (χ2n) is 29.9. The van der Waals surface area contributed by atoms with Gasteiger partial charge in [0.15, 0.2) is 11.6 Å². The van der Waals surface area contributed by atoms with Gasteiger partial charge in [-0.25, -0.2) is 29.9 Å². The van der Waals surface area contributed by atoms with E-state index in [9.17, 15) is 0 Å². The van der Waals surface area contributed by atoms with Gasteiger partial charge in [-0.2, -0.15) is 0 Å². The molecule has 0 unspecified atom stereocenters. The Balaban J connectivity index is 0.000000123. The first-order chi connectivity index (χ1) is 55.9. The minimum absolute atomic E-state index is 0.369. The Labute approximate surface area is 670 Å². The summed E-state index contributed by atoms with van der Waals surface area (Å²) in [5.41, 5.74) is 18.9. The fourth-order valence-electron chi connectivity index (χ4n) is 15.9. The number of nitrogens with zero attached hydrogens (tertiary/aromatic N) is 6. The van der Waals surface area contributed by atoms with E-state index < -0.39 is 0 Å². The quantitative estimate of drug-likeness (QED) is 0.0759. The molecular formula is C104H74BBrN6O2. The molecule has 542 valence electrons. The van der Waals surface area contributed by atoms with Crippen LogP contribution in [-0.2, 0) is 9.31 Å². The predicted octanol–water partition coefficient (Wildman–Crippen LogP) is 26.7. The maximum absolute atomic E-state index is 6.29. The number of hydrogen-bond acceptors (Lipinski definition) is 8. The van der Waals surface area contributed by atoms with Crippen LogP contribution in [0.4, 0.5) is 0 Å². The van der Waals surface area contributed by atoms with E-state index in [0.29, 0.717) is 5.82 Å². The molecule has 0 radical (unpaired) electrons. The summed E-state index contributed by atoms with van der Waals surface area (Å²) in [6.07, 6.45) is 0. The topological polar surface area (TPSA) is 95.8 Å². The average molecular weight is 1530 g/mol. The van der Waals surface area contributed by atoms with Crippen molar-refractivity contribution in [2.75, 3.05) is 0 Å². The number of pyridine rings is 2. The van der Waals surface area contributed by atoms with E-state index in [2.05, 4.69) is 358 Å². The van der Waals surface area contributed by atoms with Crippen molar-refractivity contribution in [1.29, 1.82) is 0 Å². The van der Waals surface area contributed by atoms with E-state index in [1.54, 1.807) is 0 Å². The molecule has 1 aliphatic rings. The number of benzene rings is 16. The lowest BCUT2D eigenvalue weighted by Gasteiger charge is -2.32. The van der Waals surface area contributed by atoms with E-state index in [-0.39, 0.29) is 18.3 Å². The summed E-state index contributed by atoms with van der Waals surface area (Å²) in [4.78, 5) is 30.0. The van der Waals surface area contributed by atoms with Gasteiger partial charge < -0.3 is 9.31 Å². The molecule has 0 bridgehead atoms. The van der Waals surface area contributed by atoms with Gasteiger partial charge in [-0.1, -0.05) is 352 Å². The molecule has 0 N–H and O–H groups in total. The van der Waals surface area contributed by atoms with Crippen LogP contribution < -0.4 is 5.46 Å². The molecule has 0 amide bonds. The number of aromatic nitrogens is 6. The lowest BCUT2D eigenvalue weighted by Crippen LogP contribution is -2.41. The lowest BCUT2D eigenvalue weighted by atomic mass is 9.78. The van der Waals surface area contributed by atoms with Gasteiger partial charge in [0.2, 0.25) is 0 Å². The molecule has 16 aromatic carbocycles. The van der Waals surface area contributed by atoms with E-state index in [1.807, 2.05) is 66.7 Å². The van der Waals surface area contributed by atoms with Crippen molar-refractivity contribution >= 4 is 115 Å². The minimum atomic E-state index is -0.384. The monoisotopic (exact) mass is 1530 g/mol. The van der Waals surface area contributed by atoms with Crippen LogP contribution in [0.15, 0.2) is 381 Å². The minimum Gasteiger partial charge on any atom is -0.399 e. The highest BCUT2D eigenvalue weighted by atomic mass is 79.9. The van der Waals surface area contributed by atoms with Gasteiger partial charge in [-0.3, -0.25) is 0 Å². The number of fused-ring (bicyclic) bond motifs is 16. The Morgan fingerprint density at radius 3 is 0.860 bits per heavy atom. The maximum Gasteiger partial charge on any atom is 0.494 e. The molecule has 1 aliphatic heterocycles. The zero-order valence-electron chi connectivity index (χ0n) is 63.3. The van der Waals surface area contributed by atoms with E-state index >= 15 is 0 Å². The normalized spacial score (nSPS) is 13.0. The summed E-state index contributed by atoms with van der Waals surface area (Å²) in [5, 5.41) is 17.1. The molecule has 1 saturated heterocycles. The van der Waals surface area contributed by atoms with Crippen LogP contribution in [0.3, 0.4) is 0 Å². The standard InChI is InChI=1S/C49H31N3.C33H28BNO2.C22H15BrN2/c1-3-13-32(14-4-1)33-23-25-34(26-24-33)44-31-45(52-49(51-44)37-15-5-2-6-16-37)35-27-29-36(30-28-35)48-47-41-20-10-8-18-39(41)38-17-7-9-19-40(38)46(47)42-21-11-12-22-43(42)50-48;1-32(2)33(3,4)37-34(36-32)22-19-17-21(18-20-22)31-30-26-14-8-6-12-24(26)23-11-5-7-13-25(23)29(30)27-15-9-10-16-28(27)35-31;23-21-15-20(24-22(25-21)19-9-5-2-6-10-19)18-13-11-17(12-14-18)16-7-3-1-4-8-16/h1-31H;5-20H,1-4H3;1-15H. The largest absolute Gasteiger partial charge is 0.494 e. The Morgan fingerprint density at radius 1 is 0.228 bits per heavy atom. The van der Waals surface area contributed by atoms with Crippen molar-refractivity contribution in [3.05, 3.63) is 381 Å². The van der Waals surface area contributed by atoms with Gasteiger partial charge in [0.1, 0.15) is 4.60 Å². The second-order valence-corrected chi connectivity index (χ2v) is 30.7. The van der Waals surface area contributed by atoms with Crippen molar-refractivity contribution in [2.45, 2.75) is 38.9 Å². The molecule has 0 saturated carbocycles. The Hall–Kier alpha value is -13.5. The third-order valence-corrected chi connectivity index (χ3v) is 22.8. The number of para-hydroxylation sites is 2. The third kappa shape index (κ3) is 13.5. The molecule has 20 aromatic rings. The highest BCUT2D eigenvalue weighted by Crippen LogP contribution is 2.46. The third-order valence-electron chi connectivity index (χ3n) is 22.4. The first-order valence-corrected chi connectivity index (χ1v) is 39.4. The number of hydrogen-bond donors (Lipinski definition) is 0. The van der Waals surface area contributed by atoms with Crippen molar-refractivity contribution < 1.29 is 9.31 Å². The molecule has 0 spiro atoms. The Bertz CT molecular complexity index is 7000. The van der Waals surface area contributed by atoms with Crippen LogP contribution in [0.1, 0.15) is 27.7 Å². The summed E-state index contributed by atoms with van der Waals surface area (Å²) < 4.78 is 13.4. The van der Waals surface area contributed by atoms with Crippen LogP contribution in [0, 0.1) is 0 Å². The smallest absolute Gasteiger partial charge is 0.399 e. The Kier molecular flexibility index (Phi) is 18.6. The molecule has 0 atom stereocenters. The molecule has 8 nitrogen and oxygen atoms in total. The fraction of sp³-hybridized carbons (Fsp3) is 0.0577. The van der Waals surface area contributed by atoms with E-state index in [4.69, 9.17) is 34.2 Å². The zero-order chi connectivity index (χ0) is 76.9. The predicted molar refractivity (Wildman–Crippen MR) is 478 cm³/mol. The lowest BCUT2D eigenvalue weighted by molar-refractivity contribution is 0.00578. The van der Waals surface area contributed by atoms with Gasteiger partial charge in [0.25, 0.3) is 0 Å². The molecule has 0 aliphatic carbocycles. The van der Waals surface area contributed by atoms with Gasteiger partial charge in [0.05, 0.1) is 50.7 Å². The van der Waals surface area contributed by atoms with Gasteiger partial charge in [-0.15, -0.1) is 0 Å². The van der Waals surface area contributed by atoms with Crippen LogP contribution in [-0.4, -0.2) is 48.2 Å². The highest BCUT2D eigenvalue weighted by Gasteiger charge is 2.51. The summed E-state index contributed by atoms with van der Waals surface area (Å²) in [7, 11) is -0.384. The van der Waals surface area contributed by atoms with Crippen LogP contribution in [0.25, 0.3) is 188 Å². The van der Waals surface area contributed by atoms with Crippen molar-refractivity contribution in [2.24, 2.45) is 0 Å². The molecular weight excluding hydrogens is 1460 g/mol. The Morgan fingerprint density at radius 2 is 0.491 bits per heavy atom. The molecule has 10 heteroatoms.